The van der Waals surface area contributed by atoms with Gasteiger partial charge in [-0.2, -0.15) is 5.26 Å². The molecule has 26 heavy (non-hydrogen) atoms. The van der Waals surface area contributed by atoms with E-state index in [1.165, 1.54) is 16.5 Å². The molecule has 5 nitrogen and oxygen atoms in total. The molecule has 0 fully saturated rings. The maximum atomic E-state index is 11.7. The van der Waals surface area contributed by atoms with Crippen molar-refractivity contribution in [2.24, 2.45) is 0 Å². The van der Waals surface area contributed by atoms with Crippen LogP contribution in [0.1, 0.15) is 28.4 Å². The van der Waals surface area contributed by atoms with Gasteiger partial charge in [0, 0.05) is 23.1 Å². The van der Waals surface area contributed by atoms with Crippen molar-refractivity contribution in [1.29, 1.82) is 5.26 Å². The molecule has 2 heterocycles. The van der Waals surface area contributed by atoms with E-state index in [-0.39, 0.29) is 12.6 Å². The molecular weight excluding hydrogens is 326 g/mol. The molecule has 1 aliphatic heterocycles. The summed E-state index contributed by atoms with van der Waals surface area (Å²) >= 11 is 0. The first kappa shape index (κ1) is 16.2. The summed E-state index contributed by atoms with van der Waals surface area (Å²) in [6.45, 7) is 2.81. The van der Waals surface area contributed by atoms with E-state index in [0.29, 0.717) is 12.3 Å². The average molecular weight is 345 g/mol. The fourth-order valence-electron chi connectivity index (χ4n) is 3.75. The third-order valence-corrected chi connectivity index (χ3v) is 4.95. The molecule has 0 saturated heterocycles. The van der Waals surface area contributed by atoms with Crippen LogP contribution >= 0.6 is 0 Å². The molecule has 2 aromatic carbocycles. The van der Waals surface area contributed by atoms with Gasteiger partial charge in [0.2, 0.25) is 6.41 Å². The number of ether oxygens (including phenoxy) is 1. The highest BCUT2D eigenvalue weighted by atomic mass is 16.5. The molecule has 1 aromatic heterocycles. The van der Waals surface area contributed by atoms with Crippen LogP contribution in [0.15, 0.2) is 42.5 Å². The van der Waals surface area contributed by atoms with Crippen molar-refractivity contribution in [2.45, 2.75) is 19.4 Å². The lowest BCUT2D eigenvalue weighted by atomic mass is 9.92. The van der Waals surface area contributed by atoms with Gasteiger partial charge < -0.3 is 14.6 Å². The number of rotatable bonds is 4. The molecule has 3 aromatic rings. The third-order valence-electron chi connectivity index (χ3n) is 4.95. The van der Waals surface area contributed by atoms with Crippen LogP contribution in [0.3, 0.4) is 0 Å². The zero-order valence-corrected chi connectivity index (χ0v) is 14.5. The fraction of sp³-hybridized carbons (Fsp3) is 0.238. The Bertz CT molecular complexity index is 999. The average Bonchev–Trinajstić information content (AvgIpc) is 3.04. The molecule has 1 atom stereocenters. The number of nitrogens with zero attached hydrogens (tertiary/aromatic N) is 2. The van der Waals surface area contributed by atoms with E-state index < -0.39 is 0 Å². The highest BCUT2D eigenvalue weighted by Crippen LogP contribution is 2.38. The van der Waals surface area contributed by atoms with Gasteiger partial charge in [0.25, 0.3) is 0 Å². The first-order valence-corrected chi connectivity index (χ1v) is 8.63. The van der Waals surface area contributed by atoms with Crippen LogP contribution in [0, 0.1) is 18.3 Å². The molecule has 0 spiro atoms. The smallest absolute Gasteiger partial charge is 0.210 e. The van der Waals surface area contributed by atoms with Gasteiger partial charge in [-0.1, -0.05) is 23.8 Å². The molecule has 1 unspecified atom stereocenters. The lowest BCUT2D eigenvalue weighted by Gasteiger charge is -2.33. The maximum Gasteiger partial charge on any atom is 0.210 e. The van der Waals surface area contributed by atoms with Crippen molar-refractivity contribution < 1.29 is 9.53 Å². The van der Waals surface area contributed by atoms with E-state index in [1.54, 1.807) is 0 Å². The predicted octanol–water partition coefficient (Wildman–Crippen LogP) is 3.48. The molecule has 0 bridgehead atoms. The van der Waals surface area contributed by atoms with Crippen molar-refractivity contribution in [3.8, 4) is 11.8 Å². The van der Waals surface area contributed by atoms with Gasteiger partial charge in [-0.25, -0.2) is 0 Å². The van der Waals surface area contributed by atoms with Gasteiger partial charge in [-0.3, -0.25) is 4.79 Å². The molecule has 1 amide bonds. The molecule has 0 radical (unpaired) electrons. The first-order valence-electron chi connectivity index (χ1n) is 8.63. The second kappa shape index (κ2) is 6.57. The van der Waals surface area contributed by atoms with E-state index >= 15 is 0 Å². The van der Waals surface area contributed by atoms with Crippen molar-refractivity contribution in [2.75, 3.05) is 13.2 Å². The quantitative estimate of drug-likeness (QED) is 0.736. The highest BCUT2D eigenvalue weighted by Gasteiger charge is 2.30. The number of nitriles is 1. The molecule has 4 rings (SSSR count). The van der Waals surface area contributed by atoms with Crippen LogP contribution in [-0.2, 0) is 11.2 Å². The number of hydrogen-bond acceptors (Lipinski definition) is 3. The number of aromatic amines is 1. The number of carbonyl (C=O) groups excluding carboxylic acids is 1. The van der Waals surface area contributed by atoms with Crippen LogP contribution in [0.25, 0.3) is 10.9 Å². The van der Waals surface area contributed by atoms with Gasteiger partial charge in [0.1, 0.15) is 11.8 Å². The van der Waals surface area contributed by atoms with Crippen LogP contribution in [0.2, 0.25) is 0 Å². The maximum absolute atomic E-state index is 11.7. The lowest BCUT2D eigenvalue weighted by Crippen LogP contribution is -2.34. The SMILES string of the molecule is Cc1ccc2[nH]c3c(c2c1)CCN(C=O)C3c1ccc(OCC#N)cc1. The molecule has 130 valence electrons. The lowest BCUT2D eigenvalue weighted by molar-refractivity contribution is -0.120. The van der Waals surface area contributed by atoms with Gasteiger partial charge >= 0.3 is 0 Å². The van der Waals surface area contributed by atoms with Gasteiger partial charge in [-0.15, -0.1) is 0 Å². The Morgan fingerprint density at radius 2 is 2.12 bits per heavy atom. The number of aryl methyl sites for hydroxylation is 1. The fourth-order valence-corrected chi connectivity index (χ4v) is 3.75. The van der Waals surface area contributed by atoms with E-state index in [4.69, 9.17) is 10.00 Å². The molecule has 1 aliphatic rings. The Kier molecular flexibility index (Phi) is 4.10. The topological polar surface area (TPSA) is 69.1 Å². The van der Waals surface area contributed by atoms with Gasteiger partial charge in [0.15, 0.2) is 6.61 Å². The number of H-pyrrole nitrogens is 1. The second-order valence-corrected chi connectivity index (χ2v) is 6.58. The molecular formula is C21H19N3O2. The van der Waals surface area contributed by atoms with Gasteiger partial charge in [0.05, 0.1) is 6.04 Å². The number of aromatic nitrogens is 1. The number of benzene rings is 2. The minimum absolute atomic E-state index is 0.0226. The van der Waals surface area contributed by atoms with Crippen molar-refractivity contribution in [1.82, 2.24) is 9.88 Å². The number of nitrogens with one attached hydrogen (secondary N) is 1. The number of carbonyl (C=O) groups is 1. The number of hydrogen-bond donors (Lipinski definition) is 1. The Labute approximate surface area is 151 Å². The highest BCUT2D eigenvalue weighted by molar-refractivity contribution is 5.86. The first-order chi connectivity index (χ1) is 12.7. The van der Waals surface area contributed by atoms with Crippen LogP contribution in [-0.4, -0.2) is 29.4 Å². The summed E-state index contributed by atoms with van der Waals surface area (Å²) in [6, 6.07) is 15.8. The van der Waals surface area contributed by atoms with Crippen LogP contribution < -0.4 is 4.74 Å². The molecule has 1 N–H and O–H groups in total. The predicted molar refractivity (Wildman–Crippen MR) is 98.9 cm³/mol. The van der Waals surface area contributed by atoms with Crippen LogP contribution in [0.5, 0.6) is 5.75 Å². The Balaban J connectivity index is 1.78. The second-order valence-electron chi connectivity index (χ2n) is 6.58. The Morgan fingerprint density at radius 1 is 1.31 bits per heavy atom. The van der Waals surface area contributed by atoms with Gasteiger partial charge in [-0.05, 0) is 48.7 Å². The summed E-state index contributed by atoms with van der Waals surface area (Å²) in [5, 5.41) is 9.87. The molecule has 0 aliphatic carbocycles. The number of fused-ring (bicyclic) bond motifs is 3. The van der Waals surface area contributed by atoms with E-state index in [9.17, 15) is 4.79 Å². The van der Waals surface area contributed by atoms with E-state index in [0.717, 1.165) is 29.6 Å². The zero-order chi connectivity index (χ0) is 18.1. The van der Waals surface area contributed by atoms with Crippen LogP contribution in [0.4, 0.5) is 0 Å². The molecule has 0 saturated carbocycles. The van der Waals surface area contributed by atoms with Crippen molar-refractivity contribution >= 4 is 17.3 Å². The van der Waals surface area contributed by atoms with E-state index in [1.807, 2.05) is 35.2 Å². The summed E-state index contributed by atoms with van der Waals surface area (Å²) in [7, 11) is 0. The Morgan fingerprint density at radius 3 is 2.85 bits per heavy atom. The largest absolute Gasteiger partial charge is 0.479 e. The summed E-state index contributed by atoms with van der Waals surface area (Å²) < 4.78 is 5.33. The van der Waals surface area contributed by atoms with E-state index in [2.05, 4.69) is 30.1 Å². The molecule has 5 heteroatoms. The summed E-state index contributed by atoms with van der Waals surface area (Å²) in [5.41, 5.74) is 5.72. The van der Waals surface area contributed by atoms with Crippen molar-refractivity contribution in [3.05, 3.63) is 64.8 Å². The Hall–Kier alpha value is -3.26. The monoisotopic (exact) mass is 345 g/mol. The minimum atomic E-state index is -0.144. The van der Waals surface area contributed by atoms with Crippen molar-refractivity contribution in [3.63, 3.8) is 0 Å². The summed E-state index contributed by atoms with van der Waals surface area (Å²) in [6.07, 6.45) is 1.77. The zero-order valence-electron chi connectivity index (χ0n) is 14.5. The normalized spacial score (nSPS) is 16.2. The minimum Gasteiger partial charge on any atom is -0.479 e. The summed E-state index contributed by atoms with van der Waals surface area (Å²) in [5.74, 6) is 0.649. The summed E-state index contributed by atoms with van der Waals surface area (Å²) in [4.78, 5) is 17.0. The third kappa shape index (κ3) is 2.70. The number of amides is 1. The standard InChI is InChI=1S/C21H19N3O2/c1-14-2-7-19-18(12-14)17-8-10-24(13-25)21(20(17)23-19)15-3-5-16(6-4-15)26-11-9-22/h2-7,12-13,21,23H,8,10-11H2,1H3.